The number of Topliss-reactive ketones (excluding diaryl/α,β-unsaturated/α-hetero) is 1. The number of carbonyl (C=O) groups excluding carboxylic acids is 1. The van der Waals surface area contributed by atoms with Crippen LogP contribution in [0.15, 0.2) is 24.3 Å². The number of ether oxygens (including phenoxy) is 3. The Labute approximate surface area is 115 Å². The van der Waals surface area contributed by atoms with E-state index in [4.69, 9.17) is 14.2 Å². The molecular weight excluding hydrogens is 260 g/mol. The summed E-state index contributed by atoms with van der Waals surface area (Å²) in [7, 11) is 1.52. The van der Waals surface area contributed by atoms with Crippen LogP contribution in [-0.2, 0) is 9.47 Å². The zero-order valence-electron chi connectivity index (χ0n) is 12.2. The lowest BCUT2D eigenvalue weighted by molar-refractivity contribution is -0.219. The molecule has 0 aliphatic carbocycles. The van der Waals surface area contributed by atoms with Gasteiger partial charge in [-0.1, -0.05) is 31.8 Å². The van der Waals surface area contributed by atoms with Crippen molar-refractivity contribution in [2.75, 3.05) is 14.2 Å². The highest BCUT2D eigenvalue weighted by atomic mass is 28.3. The molecule has 0 bridgehead atoms. The van der Waals surface area contributed by atoms with Gasteiger partial charge in [0.2, 0.25) is 0 Å². The highest BCUT2D eigenvalue weighted by Crippen LogP contribution is 2.24. The SMILES string of the molecule is COC(OC)Oc1ccccc1C(=O)C[Si](C)(C)C. The molecule has 0 radical (unpaired) electrons. The molecule has 0 saturated carbocycles. The number of para-hydroxylation sites is 1. The van der Waals surface area contributed by atoms with E-state index in [-0.39, 0.29) is 5.78 Å². The van der Waals surface area contributed by atoms with E-state index in [1.165, 1.54) is 14.2 Å². The second-order valence-corrected chi connectivity index (χ2v) is 11.0. The van der Waals surface area contributed by atoms with Crippen molar-refractivity contribution in [1.29, 1.82) is 0 Å². The van der Waals surface area contributed by atoms with E-state index in [1.807, 2.05) is 12.1 Å². The molecule has 0 amide bonds. The van der Waals surface area contributed by atoms with Gasteiger partial charge in [0.25, 0.3) is 0 Å². The van der Waals surface area contributed by atoms with Crippen LogP contribution in [0.4, 0.5) is 0 Å². The number of methoxy groups -OCH3 is 2. The van der Waals surface area contributed by atoms with Crippen molar-refractivity contribution < 1.29 is 19.0 Å². The van der Waals surface area contributed by atoms with E-state index >= 15 is 0 Å². The second kappa shape index (κ2) is 6.84. The van der Waals surface area contributed by atoms with Gasteiger partial charge in [0, 0.05) is 20.3 Å². The first-order valence-electron chi connectivity index (χ1n) is 6.22. The molecule has 4 nitrogen and oxygen atoms in total. The lowest BCUT2D eigenvalue weighted by Crippen LogP contribution is -2.25. The summed E-state index contributed by atoms with van der Waals surface area (Å²) < 4.78 is 15.5. The number of carbonyl (C=O) groups is 1. The van der Waals surface area contributed by atoms with Gasteiger partial charge in [-0.3, -0.25) is 4.79 Å². The predicted octanol–water partition coefficient (Wildman–Crippen LogP) is 3.16. The molecule has 1 aromatic rings. The van der Waals surface area contributed by atoms with Crippen molar-refractivity contribution in [2.24, 2.45) is 0 Å². The summed E-state index contributed by atoms with van der Waals surface area (Å²) in [5, 5.41) is 0. The fourth-order valence-electron chi connectivity index (χ4n) is 1.67. The summed E-state index contributed by atoms with van der Waals surface area (Å²) in [6.45, 7) is 5.70. The average molecular weight is 282 g/mol. The van der Waals surface area contributed by atoms with E-state index < -0.39 is 14.5 Å². The Bertz CT molecular complexity index is 422. The number of benzene rings is 1. The zero-order chi connectivity index (χ0) is 14.5. The zero-order valence-corrected chi connectivity index (χ0v) is 13.2. The van der Waals surface area contributed by atoms with Gasteiger partial charge in [-0.2, -0.15) is 0 Å². The topological polar surface area (TPSA) is 44.8 Å². The number of rotatable bonds is 7. The fourth-order valence-corrected chi connectivity index (χ4v) is 2.83. The van der Waals surface area contributed by atoms with Gasteiger partial charge in [-0.05, 0) is 12.1 Å². The van der Waals surface area contributed by atoms with Crippen LogP contribution >= 0.6 is 0 Å². The summed E-state index contributed by atoms with van der Waals surface area (Å²) in [5.74, 6) is 0.611. The summed E-state index contributed by atoms with van der Waals surface area (Å²) in [6, 6.07) is 7.78. The number of hydrogen-bond acceptors (Lipinski definition) is 4. The molecule has 0 aliphatic heterocycles. The van der Waals surface area contributed by atoms with Crippen LogP contribution in [-0.4, -0.2) is 34.6 Å². The van der Waals surface area contributed by atoms with Gasteiger partial charge in [0.15, 0.2) is 5.78 Å². The first-order valence-corrected chi connectivity index (χ1v) is 9.92. The third-order valence-electron chi connectivity index (χ3n) is 2.49. The maximum absolute atomic E-state index is 12.3. The highest BCUT2D eigenvalue weighted by Gasteiger charge is 2.22. The summed E-state index contributed by atoms with van der Waals surface area (Å²) in [5.41, 5.74) is 0.587. The Balaban J connectivity index is 2.92. The molecule has 0 atom stereocenters. The highest BCUT2D eigenvalue weighted by molar-refractivity contribution is 6.79. The van der Waals surface area contributed by atoms with E-state index in [9.17, 15) is 4.79 Å². The summed E-state index contributed by atoms with van der Waals surface area (Å²) in [4.78, 5) is 12.3. The van der Waals surface area contributed by atoms with Crippen LogP contribution in [0, 0.1) is 0 Å². The molecule has 106 valence electrons. The van der Waals surface area contributed by atoms with Crippen LogP contribution < -0.4 is 4.74 Å². The van der Waals surface area contributed by atoms with Gasteiger partial charge in [-0.25, -0.2) is 0 Å². The third kappa shape index (κ3) is 5.14. The normalized spacial score (nSPS) is 11.7. The van der Waals surface area contributed by atoms with Gasteiger partial charge in [0.1, 0.15) is 5.75 Å². The van der Waals surface area contributed by atoms with E-state index in [0.29, 0.717) is 17.4 Å². The largest absolute Gasteiger partial charge is 0.440 e. The van der Waals surface area contributed by atoms with E-state index in [2.05, 4.69) is 19.6 Å². The molecule has 0 unspecified atom stereocenters. The maximum atomic E-state index is 12.3. The summed E-state index contributed by atoms with van der Waals surface area (Å²) in [6.07, 6.45) is 0. The lowest BCUT2D eigenvalue weighted by Gasteiger charge is -2.19. The van der Waals surface area contributed by atoms with Crippen molar-refractivity contribution in [3.8, 4) is 5.75 Å². The van der Waals surface area contributed by atoms with Crippen molar-refractivity contribution in [3.05, 3.63) is 29.8 Å². The minimum absolute atomic E-state index is 0.112. The predicted molar refractivity (Wildman–Crippen MR) is 77.4 cm³/mol. The van der Waals surface area contributed by atoms with Crippen LogP contribution in [0.3, 0.4) is 0 Å². The Morgan fingerprint density at radius 1 is 1.16 bits per heavy atom. The van der Waals surface area contributed by atoms with Crippen LogP contribution in [0.1, 0.15) is 10.4 Å². The molecular formula is C14H22O4Si. The molecule has 1 aromatic carbocycles. The molecule has 0 aliphatic rings. The smallest absolute Gasteiger partial charge is 0.315 e. The van der Waals surface area contributed by atoms with Crippen molar-refractivity contribution in [1.82, 2.24) is 0 Å². The van der Waals surface area contributed by atoms with Crippen molar-refractivity contribution in [3.63, 3.8) is 0 Å². The molecule has 0 heterocycles. The van der Waals surface area contributed by atoms with Crippen LogP contribution in [0.25, 0.3) is 0 Å². The minimum atomic E-state index is -1.45. The Kier molecular flexibility index (Phi) is 5.72. The van der Waals surface area contributed by atoms with Gasteiger partial charge in [-0.15, -0.1) is 0 Å². The molecule has 0 N–H and O–H groups in total. The molecule has 5 heteroatoms. The Morgan fingerprint density at radius 3 is 2.26 bits per heavy atom. The molecule has 1 rings (SSSR count). The number of ketones is 1. The molecule has 0 aromatic heterocycles. The van der Waals surface area contributed by atoms with Crippen LogP contribution in [0.5, 0.6) is 5.75 Å². The van der Waals surface area contributed by atoms with E-state index in [0.717, 1.165) is 0 Å². The van der Waals surface area contributed by atoms with Crippen LogP contribution in [0.2, 0.25) is 25.7 Å². The summed E-state index contributed by atoms with van der Waals surface area (Å²) >= 11 is 0. The average Bonchev–Trinajstić information content (AvgIpc) is 2.34. The van der Waals surface area contributed by atoms with Gasteiger partial charge < -0.3 is 14.2 Å². The quantitative estimate of drug-likeness (QED) is 0.438. The second-order valence-electron chi connectivity index (χ2n) is 5.53. The first-order chi connectivity index (χ1) is 8.87. The molecule has 19 heavy (non-hydrogen) atoms. The first kappa shape index (κ1) is 15.9. The molecule has 0 saturated heterocycles. The Morgan fingerprint density at radius 2 is 1.74 bits per heavy atom. The molecule has 0 fully saturated rings. The maximum Gasteiger partial charge on any atom is 0.315 e. The minimum Gasteiger partial charge on any atom is -0.440 e. The van der Waals surface area contributed by atoms with E-state index in [1.54, 1.807) is 12.1 Å². The molecule has 0 spiro atoms. The number of hydrogen-bond donors (Lipinski definition) is 0. The Hall–Kier alpha value is -1.17. The van der Waals surface area contributed by atoms with Crippen molar-refractivity contribution >= 4 is 13.9 Å². The monoisotopic (exact) mass is 282 g/mol. The third-order valence-corrected chi connectivity index (χ3v) is 3.87. The fraction of sp³-hybridized carbons (Fsp3) is 0.500. The van der Waals surface area contributed by atoms with Gasteiger partial charge >= 0.3 is 6.48 Å². The lowest BCUT2D eigenvalue weighted by atomic mass is 10.1. The van der Waals surface area contributed by atoms with Crippen molar-refractivity contribution in [2.45, 2.75) is 32.2 Å². The van der Waals surface area contributed by atoms with Gasteiger partial charge in [0.05, 0.1) is 13.6 Å². The standard InChI is InChI=1S/C14H22O4Si/c1-16-14(17-2)18-13-9-7-6-8-11(13)12(15)10-19(3,4)5/h6-9,14H,10H2,1-5H3.